The highest BCUT2D eigenvalue weighted by Gasteiger charge is 2.33. The van der Waals surface area contributed by atoms with E-state index in [1.807, 2.05) is 47.7 Å². The van der Waals surface area contributed by atoms with Gasteiger partial charge in [0, 0.05) is 12.7 Å². The second kappa shape index (κ2) is 7.63. The van der Waals surface area contributed by atoms with Gasteiger partial charge in [-0.05, 0) is 39.7 Å². The minimum atomic E-state index is -0.629. The summed E-state index contributed by atoms with van der Waals surface area (Å²) in [5.41, 5.74) is 0.546. The van der Waals surface area contributed by atoms with E-state index in [2.05, 4.69) is 5.10 Å². The molecule has 0 radical (unpaired) electrons. The molecule has 2 heterocycles. The highest BCUT2D eigenvalue weighted by atomic mass is 16.6. The first-order valence-electron chi connectivity index (χ1n) is 7.93. The second-order valence-electron chi connectivity index (χ2n) is 6.35. The van der Waals surface area contributed by atoms with Crippen molar-refractivity contribution in [3.8, 4) is 0 Å². The standard InChI is InChI=1S/C14H23N3O3.C2H6/c1-10-7-15-17(8-10)11-5-6-16(9-12(11)18)13(19)20-14(2,3)4;1-2/h7-8,11-12,18H,5-6,9H2,1-4H3;1-2H3. The monoisotopic (exact) mass is 311 g/mol. The maximum atomic E-state index is 12.0. The average molecular weight is 311 g/mol. The molecule has 6 nitrogen and oxygen atoms in total. The van der Waals surface area contributed by atoms with Crippen molar-refractivity contribution in [1.82, 2.24) is 14.7 Å². The molecule has 1 amide bonds. The molecule has 1 saturated heterocycles. The van der Waals surface area contributed by atoms with E-state index < -0.39 is 11.7 Å². The molecule has 1 fully saturated rings. The molecule has 6 heteroatoms. The van der Waals surface area contributed by atoms with Gasteiger partial charge in [-0.15, -0.1) is 0 Å². The van der Waals surface area contributed by atoms with Crippen molar-refractivity contribution in [3.63, 3.8) is 0 Å². The van der Waals surface area contributed by atoms with E-state index in [9.17, 15) is 9.90 Å². The summed E-state index contributed by atoms with van der Waals surface area (Å²) in [6.07, 6.45) is 3.35. The van der Waals surface area contributed by atoms with Crippen LogP contribution in [0.2, 0.25) is 0 Å². The number of carbonyl (C=O) groups is 1. The number of aliphatic hydroxyl groups excluding tert-OH is 1. The van der Waals surface area contributed by atoms with Gasteiger partial charge < -0.3 is 14.7 Å². The van der Waals surface area contributed by atoms with E-state index in [1.54, 1.807) is 15.8 Å². The summed E-state index contributed by atoms with van der Waals surface area (Å²) in [6.45, 7) is 12.3. The molecule has 0 aliphatic carbocycles. The lowest BCUT2D eigenvalue weighted by molar-refractivity contribution is -0.0118. The molecule has 0 saturated carbocycles. The third-order valence-corrected chi connectivity index (χ3v) is 3.27. The Bertz CT molecular complexity index is 479. The number of β-amino-alcohol motifs (C(OH)–C–C–N with tert-alkyl or cyclic N) is 1. The normalized spacial score (nSPS) is 21.9. The number of rotatable bonds is 1. The number of aliphatic hydroxyl groups is 1. The number of likely N-dealkylation sites (tertiary alicyclic amines) is 1. The van der Waals surface area contributed by atoms with Crippen LogP contribution in [0.4, 0.5) is 4.79 Å². The third-order valence-electron chi connectivity index (χ3n) is 3.27. The maximum absolute atomic E-state index is 12.0. The van der Waals surface area contributed by atoms with Crippen LogP contribution in [0.5, 0.6) is 0 Å². The molecule has 0 spiro atoms. The van der Waals surface area contributed by atoms with Gasteiger partial charge in [0.15, 0.2) is 0 Å². The largest absolute Gasteiger partial charge is 0.444 e. The number of hydrogen-bond donors (Lipinski definition) is 1. The fourth-order valence-electron chi connectivity index (χ4n) is 2.33. The Morgan fingerprint density at radius 3 is 2.50 bits per heavy atom. The van der Waals surface area contributed by atoms with E-state index in [1.165, 1.54) is 0 Å². The van der Waals surface area contributed by atoms with Gasteiger partial charge in [0.2, 0.25) is 0 Å². The van der Waals surface area contributed by atoms with E-state index in [0.29, 0.717) is 13.0 Å². The van der Waals surface area contributed by atoms with Gasteiger partial charge in [-0.2, -0.15) is 5.10 Å². The van der Waals surface area contributed by atoms with Crippen LogP contribution in [0.3, 0.4) is 0 Å². The lowest BCUT2D eigenvalue weighted by Gasteiger charge is -2.36. The summed E-state index contributed by atoms with van der Waals surface area (Å²) in [6, 6.07) is -0.0811. The van der Waals surface area contributed by atoms with Gasteiger partial charge in [-0.25, -0.2) is 4.79 Å². The number of nitrogens with zero attached hydrogens (tertiary/aromatic N) is 3. The van der Waals surface area contributed by atoms with Crippen LogP contribution in [0, 0.1) is 6.92 Å². The molecule has 1 aromatic heterocycles. The lowest BCUT2D eigenvalue weighted by Crippen LogP contribution is -2.48. The SMILES string of the molecule is CC.Cc1cnn(C2CCN(C(=O)OC(C)(C)C)CC2O)c1. The van der Waals surface area contributed by atoms with Gasteiger partial charge >= 0.3 is 6.09 Å². The van der Waals surface area contributed by atoms with Gasteiger partial charge in [0.25, 0.3) is 0 Å². The number of piperidine rings is 1. The predicted molar refractivity (Wildman–Crippen MR) is 85.8 cm³/mol. The molecule has 0 aromatic carbocycles. The Kier molecular flexibility index (Phi) is 6.41. The van der Waals surface area contributed by atoms with Crippen molar-refractivity contribution in [1.29, 1.82) is 0 Å². The van der Waals surface area contributed by atoms with Crippen LogP contribution < -0.4 is 0 Å². The fourth-order valence-corrected chi connectivity index (χ4v) is 2.33. The third kappa shape index (κ3) is 5.02. The Morgan fingerprint density at radius 2 is 2.05 bits per heavy atom. The minimum absolute atomic E-state index is 0.0811. The Balaban J connectivity index is 0.00000116. The van der Waals surface area contributed by atoms with Crippen molar-refractivity contribution in [2.45, 2.75) is 65.7 Å². The number of aryl methyl sites for hydroxylation is 1. The molecule has 0 bridgehead atoms. The molecule has 126 valence electrons. The van der Waals surface area contributed by atoms with Crippen LogP contribution in [0.1, 0.15) is 52.6 Å². The molecule has 2 unspecified atom stereocenters. The fraction of sp³-hybridized carbons (Fsp3) is 0.750. The Morgan fingerprint density at radius 1 is 1.41 bits per heavy atom. The van der Waals surface area contributed by atoms with Crippen molar-refractivity contribution >= 4 is 6.09 Å². The average Bonchev–Trinajstić information content (AvgIpc) is 2.85. The molecule has 1 N–H and O–H groups in total. The molecule has 22 heavy (non-hydrogen) atoms. The summed E-state index contributed by atoms with van der Waals surface area (Å²) in [5, 5.41) is 14.5. The highest BCUT2D eigenvalue weighted by molar-refractivity contribution is 5.68. The molecule has 1 aromatic rings. The van der Waals surface area contributed by atoms with Gasteiger partial charge in [-0.1, -0.05) is 13.8 Å². The first-order chi connectivity index (χ1) is 10.3. The molecule has 1 aliphatic heterocycles. The summed E-state index contributed by atoms with van der Waals surface area (Å²) in [4.78, 5) is 13.5. The first-order valence-corrected chi connectivity index (χ1v) is 7.93. The molecular weight excluding hydrogens is 282 g/mol. The molecule has 1 aliphatic rings. The van der Waals surface area contributed by atoms with E-state index in [4.69, 9.17) is 4.74 Å². The zero-order valence-electron chi connectivity index (χ0n) is 14.5. The molecule has 2 rings (SSSR count). The van der Waals surface area contributed by atoms with Gasteiger partial charge in [0.1, 0.15) is 5.60 Å². The predicted octanol–water partition coefficient (Wildman–Crippen LogP) is 2.76. The van der Waals surface area contributed by atoms with Crippen LogP contribution in [-0.4, -0.2) is 50.7 Å². The van der Waals surface area contributed by atoms with E-state index in [-0.39, 0.29) is 18.7 Å². The van der Waals surface area contributed by atoms with Crippen molar-refractivity contribution in [2.24, 2.45) is 0 Å². The molecule has 2 atom stereocenters. The maximum Gasteiger partial charge on any atom is 0.410 e. The van der Waals surface area contributed by atoms with Crippen molar-refractivity contribution in [3.05, 3.63) is 18.0 Å². The Labute approximate surface area is 133 Å². The molecular formula is C16H29N3O3. The van der Waals surface area contributed by atoms with Crippen LogP contribution >= 0.6 is 0 Å². The zero-order valence-corrected chi connectivity index (χ0v) is 14.5. The Hall–Kier alpha value is -1.56. The second-order valence-corrected chi connectivity index (χ2v) is 6.35. The first kappa shape index (κ1) is 18.5. The number of ether oxygens (including phenoxy) is 1. The van der Waals surface area contributed by atoms with E-state index >= 15 is 0 Å². The smallest absolute Gasteiger partial charge is 0.410 e. The number of hydrogen-bond acceptors (Lipinski definition) is 4. The topological polar surface area (TPSA) is 67.6 Å². The van der Waals surface area contributed by atoms with Gasteiger partial charge in [0.05, 0.1) is 24.9 Å². The van der Waals surface area contributed by atoms with Crippen LogP contribution in [0.25, 0.3) is 0 Å². The van der Waals surface area contributed by atoms with Gasteiger partial charge in [-0.3, -0.25) is 4.68 Å². The van der Waals surface area contributed by atoms with Crippen LogP contribution in [-0.2, 0) is 4.74 Å². The lowest BCUT2D eigenvalue weighted by atomic mass is 10.0. The highest BCUT2D eigenvalue weighted by Crippen LogP contribution is 2.24. The van der Waals surface area contributed by atoms with Crippen molar-refractivity contribution in [2.75, 3.05) is 13.1 Å². The number of carbonyl (C=O) groups excluding carboxylic acids is 1. The number of aromatic nitrogens is 2. The zero-order chi connectivity index (χ0) is 16.9. The summed E-state index contributed by atoms with van der Waals surface area (Å²) in [7, 11) is 0. The summed E-state index contributed by atoms with van der Waals surface area (Å²) < 4.78 is 7.11. The number of amides is 1. The summed E-state index contributed by atoms with van der Waals surface area (Å²) >= 11 is 0. The minimum Gasteiger partial charge on any atom is -0.444 e. The van der Waals surface area contributed by atoms with Crippen molar-refractivity contribution < 1.29 is 14.6 Å². The van der Waals surface area contributed by atoms with E-state index in [0.717, 1.165) is 5.56 Å². The summed E-state index contributed by atoms with van der Waals surface area (Å²) in [5.74, 6) is 0. The quantitative estimate of drug-likeness (QED) is 0.866. The van der Waals surface area contributed by atoms with Crippen LogP contribution in [0.15, 0.2) is 12.4 Å².